The molecule has 0 amide bonds. The van der Waals surface area contributed by atoms with Crippen molar-refractivity contribution in [3.8, 4) is 0 Å². The molecule has 0 aromatic heterocycles. The largest absolute Gasteiger partial charge is 0.467 e. The fourth-order valence-electron chi connectivity index (χ4n) is 4.08. The summed E-state index contributed by atoms with van der Waals surface area (Å²) in [6, 6.07) is 17.9. The zero-order valence-electron chi connectivity index (χ0n) is 18.8. The molecule has 34 heavy (non-hydrogen) atoms. The lowest BCUT2D eigenvalue weighted by Crippen LogP contribution is -2.53. The first-order chi connectivity index (χ1) is 16.5. The summed E-state index contributed by atoms with van der Waals surface area (Å²) in [4.78, 5) is 36.8. The molecule has 180 valence electrons. The molecule has 1 unspecified atom stereocenters. The normalized spacial score (nSPS) is 27.9. The molecular weight excluding hydrogens is 444 g/mol. The number of methoxy groups -OCH3 is 1. The maximum atomic E-state index is 12.7. The number of hydrogen-bond donors (Lipinski definition) is 0. The van der Waals surface area contributed by atoms with Gasteiger partial charge in [0.05, 0.1) is 25.4 Å². The highest BCUT2D eigenvalue weighted by atomic mass is 16.8. The molecule has 0 aliphatic carbocycles. The van der Waals surface area contributed by atoms with Crippen LogP contribution in [0.5, 0.6) is 0 Å². The summed E-state index contributed by atoms with van der Waals surface area (Å²) in [6.07, 6.45) is -5.40. The van der Waals surface area contributed by atoms with Gasteiger partial charge in [0.15, 0.2) is 12.2 Å². The Balaban J connectivity index is 1.56. The van der Waals surface area contributed by atoms with E-state index in [9.17, 15) is 14.4 Å². The zero-order valence-corrected chi connectivity index (χ0v) is 18.8. The fourth-order valence-corrected chi connectivity index (χ4v) is 4.08. The van der Waals surface area contributed by atoms with E-state index in [2.05, 4.69) is 0 Å². The standard InChI is InChI=1S/C25H26O9/c1-15(26)31-22-21-20(33-25(22)34-23(27)17-11-7-4-8-12-17)18(13-19(32-21)24(28)29-2)30-14-16-9-5-3-6-10-16/h3-12,18-22,25H,13-14H2,1-2H3/t18-,19+,20-,21-,22-,25?/m1/s1. The molecule has 2 heterocycles. The van der Waals surface area contributed by atoms with Crippen LogP contribution in [0.1, 0.15) is 29.3 Å². The van der Waals surface area contributed by atoms with Crippen molar-refractivity contribution < 1.29 is 42.8 Å². The molecule has 0 spiro atoms. The van der Waals surface area contributed by atoms with Crippen molar-refractivity contribution >= 4 is 17.9 Å². The van der Waals surface area contributed by atoms with Gasteiger partial charge >= 0.3 is 17.9 Å². The summed E-state index contributed by atoms with van der Waals surface area (Å²) in [5, 5.41) is 0. The third-order valence-electron chi connectivity index (χ3n) is 5.65. The maximum absolute atomic E-state index is 12.7. The van der Waals surface area contributed by atoms with E-state index < -0.39 is 54.7 Å². The maximum Gasteiger partial charge on any atom is 0.340 e. The van der Waals surface area contributed by atoms with Gasteiger partial charge in [-0.05, 0) is 17.7 Å². The van der Waals surface area contributed by atoms with Crippen molar-refractivity contribution in [1.29, 1.82) is 0 Å². The predicted octanol–water partition coefficient (Wildman–Crippen LogP) is 2.42. The summed E-state index contributed by atoms with van der Waals surface area (Å²) in [5.41, 5.74) is 1.24. The van der Waals surface area contributed by atoms with Crippen molar-refractivity contribution in [2.24, 2.45) is 0 Å². The molecule has 2 aliphatic rings. The van der Waals surface area contributed by atoms with E-state index in [1.807, 2.05) is 30.3 Å². The van der Waals surface area contributed by atoms with Crippen molar-refractivity contribution in [2.45, 2.75) is 56.8 Å². The van der Waals surface area contributed by atoms with Crippen molar-refractivity contribution in [1.82, 2.24) is 0 Å². The summed E-state index contributed by atoms with van der Waals surface area (Å²) in [5.74, 6) is -1.84. The molecular formula is C25H26O9. The van der Waals surface area contributed by atoms with Crippen molar-refractivity contribution in [2.75, 3.05) is 7.11 Å². The molecule has 0 bridgehead atoms. The average Bonchev–Trinajstić information content (AvgIpc) is 3.19. The van der Waals surface area contributed by atoms with E-state index in [-0.39, 0.29) is 13.0 Å². The van der Waals surface area contributed by atoms with Gasteiger partial charge in [0.25, 0.3) is 0 Å². The highest BCUT2D eigenvalue weighted by Crippen LogP contribution is 2.37. The molecule has 0 radical (unpaired) electrons. The zero-order chi connectivity index (χ0) is 24.1. The van der Waals surface area contributed by atoms with E-state index in [0.29, 0.717) is 5.56 Å². The highest BCUT2D eigenvalue weighted by Gasteiger charge is 2.57. The van der Waals surface area contributed by atoms with Crippen LogP contribution in [0.2, 0.25) is 0 Å². The molecule has 2 aliphatic heterocycles. The summed E-state index contributed by atoms with van der Waals surface area (Å²) < 4.78 is 33.9. The third kappa shape index (κ3) is 5.44. The number of fused-ring (bicyclic) bond motifs is 1. The molecule has 0 N–H and O–H groups in total. The molecule has 6 atom stereocenters. The van der Waals surface area contributed by atoms with Gasteiger partial charge < -0.3 is 28.4 Å². The number of carbonyl (C=O) groups excluding carboxylic acids is 3. The minimum absolute atomic E-state index is 0.160. The van der Waals surface area contributed by atoms with Crippen LogP contribution in [-0.4, -0.2) is 61.8 Å². The van der Waals surface area contributed by atoms with Crippen LogP contribution < -0.4 is 0 Å². The van der Waals surface area contributed by atoms with E-state index in [4.69, 9.17) is 28.4 Å². The van der Waals surface area contributed by atoms with Gasteiger partial charge in [-0.2, -0.15) is 0 Å². The average molecular weight is 470 g/mol. The molecule has 2 fully saturated rings. The van der Waals surface area contributed by atoms with E-state index in [1.165, 1.54) is 14.0 Å². The molecule has 4 rings (SSSR count). The van der Waals surface area contributed by atoms with Crippen LogP contribution in [0.25, 0.3) is 0 Å². The second-order valence-corrected chi connectivity index (χ2v) is 8.00. The van der Waals surface area contributed by atoms with Crippen molar-refractivity contribution in [3.63, 3.8) is 0 Å². The molecule has 2 aromatic rings. The van der Waals surface area contributed by atoms with Gasteiger partial charge in [0.2, 0.25) is 6.29 Å². The quantitative estimate of drug-likeness (QED) is 0.445. The highest BCUT2D eigenvalue weighted by molar-refractivity contribution is 5.89. The number of carbonyl (C=O) groups is 3. The topological polar surface area (TPSA) is 107 Å². The van der Waals surface area contributed by atoms with Gasteiger partial charge in [-0.25, -0.2) is 9.59 Å². The second kappa shape index (κ2) is 10.8. The summed E-state index contributed by atoms with van der Waals surface area (Å²) in [7, 11) is 1.26. The Morgan fingerprint density at radius 1 is 0.912 bits per heavy atom. The van der Waals surface area contributed by atoms with Crippen LogP contribution >= 0.6 is 0 Å². The Morgan fingerprint density at radius 3 is 2.24 bits per heavy atom. The van der Waals surface area contributed by atoms with Crippen LogP contribution in [0.4, 0.5) is 0 Å². The smallest absolute Gasteiger partial charge is 0.340 e. The van der Waals surface area contributed by atoms with E-state index >= 15 is 0 Å². The van der Waals surface area contributed by atoms with Crippen molar-refractivity contribution in [3.05, 3.63) is 71.8 Å². The van der Waals surface area contributed by atoms with Crippen LogP contribution in [0.15, 0.2) is 60.7 Å². The summed E-state index contributed by atoms with van der Waals surface area (Å²) >= 11 is 0. The number of rotatable bonds is 7. The molecule has 9 heteroatoms. The van der Waals surface area contributed by atoms with Gasteiger partial charge in [-0.15, -0.1) is 0 Å². The lowest BCUT2D eigenvalue weighted by atomic mass is 9.96. The van der Waals surface area contributed by atoms with Gasteiger partial charge in [-0.1, -0.05) is 48.5 Å². The number of ether oxygens (including phenoxy) is 6. The Kier molecular flexibility index (Phi) is 7.56. The molecule has 2 saturated heterocycles. The number of benzene rings is 2. The lowest BCUT2D eigenvalue weighted by Gasteiger charge is -2.37. The first kappa shape index (κ1) is 23.9. The fraction of sp³-hybridized carbons (Fsp3) is 0.400. The van der Waals surface area contributed by atoms with E-state index in [0.717, 1.165) is 5.56 Å². The van der Waals surface area contributed by atoms with Crippen LogP contribution in [-0.2, 0) is 44.6 Å². The third-order valence-corrected chi connectivity index (χ3v) is 5.65. The number of esters is 3. The van der Waals surface area contributed by atoms with Gasteiger partial charge in [0.1, 0.15) is 12.2 Å². The first-order valence-electron chi connectivity index (χ1n) is 10.9. The lowest BCUT2D eigenvalue weighted by molar-refractivity contribution is -0.203. The first-order valence-corrected chi connectivity index (χ1v) is 10.9. The van der Waals surface area contributed by atoms with Crippen LogP contribution in [0, 0.1) is 0 Å². The Morgan fingerprint density at radius 2 is 1.59 bits per heavy atom. The van der Waals surface area contributed by atoms with Gasteiger partial charge in [-0.3, -0.25) is 4.79 Å². The molecule has 2 aromatic carbocycles. The predicted molar refractivity (Wildman–Crippen MR) is 116 cm³/mol. The summed E-state index contributed by atoms with van der Waals surface area (Å²) in [6.45, 7) is 1.49. The minimum Gasteiger partial charge on any atom is -0.467 e. The Hall–Kier alpha value is -3.27. The SMILES string of the molecule is COC(=O)[C@@H]1C[C@@H](OCc2ccccc2)[C@H]2OC(OC(=O)c3ccccc3)[C@H](OC(C)=O)[C@@H]2O1. The van der Waals surface area contributed by atoms with Gasteiger partial charge in [0, 0.05) is 13.3 Å². The Bertz CT molecular complexity index is 994. The van der Waals surface area contributed by atoms with E-state index in [1.54, 1.807) is 30.3 Å². The monoisotopic (exact) mass is 470 g/mol. The van der Waals surface area contributed by atoms with Crippen LogP contribution in [0.3, 0.4) is 0 Å². The molecule has 0 saturated carbocycles. The molecule has 9 nitrogen and oxygen atoms in total. The minimum atomic E-state index is -1.24. The Labute approximate surface area is 196 Å². The number of hydrogen-bond acceptors (Lipinski definition) is 9. The second-order valence-electron chi connectivity index (χ2n) is 8.00.